The van der Waals surface area contributed by atoms with Crippen molar-refractivity contribution in [3.8, 4) is 0 Å². The van der Waals surface area contributed by atoms with E-state index in [2.05, 4.69) is 4.98 Å². The number of nitrogens with one attached hydrogen (secondary N) is 1. The highest BCUT2D eigenvalue weighted by atomic mass is 16.1. The highest BCUT2D eigenvalue weighted by molar-refractivity contribution is 5.77. The monoisotopic (exact) mass is 166 g/mol. The number of likely N-dealkylation sites (N-methyl/N-ethyl adjacent to an activating group) is 1. The average Bonchev–Trinajstić information content (AvgIpc) is 2.37. The van der Waals surface area contributed by atoms with Gasteiger partial charge in [-0.15, -0.1) is 0 Å². The first-order valence-corrected chi connectivity index (χ1v) is 3.98. The predicted molar refractivity (Wildman–Crippen MR) is 47.8 cm³/mol. The molecule has 0 radical (unpaired) electrons. The van der Waals surface area contributed by atoms with Crippen LogP contribution in [0, 0.1) is 0 Å². The van der Waals surface area contributed by atoms with E-state index in [0.717, 1.165) is 6.54 Å². The van der Waals surface area contributed by atoms with Crippen LogP contribution in [-0.2, 0) is 11.3 Å². The SMILES string of the molecule is CC(=O)CN(C)Cc1cc[nH]c1. The van der Waals surface area contributed by atoms with Crippen LogP contribution in [0.3, 0.4) is 0 Å². The molecule has 1 aromatic rings. The summed E-state index contributed by atoms with van der Waals surface area (Å²) in [7, 11) is 1.94. The molecular weight excluding hydrogens is 152 g/mol. The normalized spacial score (nSPS) is 10.6. The Morgan fingerprint density at radius 2 is 2.42 bits per heavy atom. The highest BCUT2D eigenvalue weighted by Gasteiger charge is 2.02. The zero-order chi connectivity index (χ0) is 8.97. The van der Waals surface area contributed by atoms with E-state index in [9.17, 15) is 4.79 Å². The second kappa shape index (κ2) is 4.07. The smallest absolute Gasteiger partial charge is 0.143 e. The molecule has 1 rings (SSSR count). The fourth-order valence-electron chi connectivity index (χ4n) is 1.20. The Hall–Kier alpha value is -1.09. The van der Waals surface area contributed by atoms with Crippen LogP contribution in [0.2, 0.25) is 0 Å². The lowest BCUT2D eigenvalue weighted by Gasteiger charge is -2.12. The Kier molecular flexibility index (Phi) is 3.05. The summed E-state index contributed by atoms with van der Waals surface area (Å²) in [6, 6.07) is 2.01. The summed E-state index contributed by atoms with van der Waals surface area (Å²) in [6.45, 7) is 2.95. The molecule has 1 aromatic heterocycles. The van der Waals surface area contributed by atoms with Crippen LogP contribution in [-0.4, -0.2) is 29.3 Å². The lowest BCUT2D eigenvalue weighted by Crippen LogP contribution is -2.23. The molecule has 0 spiro atoms. The average molecular weight is 166 g/mol. The quantitative estimate of drug-likeness (QED) is 0.725. The fraction of sp³-hybridized carbons (Fsp3) is 0.444. The zero-order valence-electron chi connectivity index (χ0n) is 7.50. The molecule has 0 amide bonds. The Morgan fingerprint density at radius 3 is 2.92 bits per heavy atom. The highest BCUT2D eigenvalue weighted by Crippen LogP contribution is 2.00. The van der Waals surface area contributed by atoms with Gasteiger partial charge < -0.3 is 4.98 Å². The number of ketones is 1. The van der Waals surface area contributed by atoms with Crippen molar-refractivity contribution in [2.24, 2.45) is 0 Å². The van der Waals surface area contributed by atoms with Gasteiger partial charge in [0.15, 0.2) is 0 Å². The van der Waals surface area contributed by atoms with Crippen molar-refractivity contribution in [2.45, 2.75) is 13.5 Å². The molecule has 66 valence electrons. The Bertz CT molecular complexity index is 241. The number of Topliss-reactive ketones (excluding diaryl/α,β-unsaturated/α-hetero) is 1. The Labute approximate surface area is 72.4 Å². The number of carbonyl (C=O) groups excluding carboxylic acids is 1. The summed E-state index contributed by atoms with van der Waals surface area (Å²) in [5.41, 5.74) is 1.21. The van der Waals surface area contributed by atoms with Gasteiger partial charge in [-0.1, -0.05) is 0 Å². The standard InChI is InChI=1S/C9H14N2O/c1-8(12)6-11(2)7-9-3-4-10-5-9/h3-5,10H,6-7H2,1-2H3. The van der Waals surface area contributed by atoms with E-state index in [-0.39, 0.29) is 5.78 Å². The van der Waals surface area contributed by atoms with Gasteiger partial charge in [0.25, 0.3) is 0 Å². The summed E-state index contributed by atoms with van der Waals surface area (Å²) in [5.74, 6) is 0.202. The predicted octanol–water partition coefficient (Wildman–Crippen LogP) is 1.04. The molecule has 0 bridgehead atoms. The number of carbonyl (C=O) groups is 1. The van der Waals surface area contributed by atoms with Crippen LogP contribution in [0.1, 0.15) is 12.5 Å². The van der Waals surface area contributed by atoms with E-state index >= 15 is 0 Å². The summed E-state index contributed by atoms with van der Waals surface area (Å²) >= 11 is 0. The van der Waals surface area contributed by atoms with E-state index in [0.29, 0.717) is 6.54 Å². The van der Waals surface area contributed by atoms with Crippen molar-refractivity contribution in [3.05, 3.63) is 24.0 Å². The number of aromatic amines is 1. The number of nitrogens with zero attached hydrogens (tertiary/aromatic N) is 1. The molecule has 0 aliphatic carbocycles. The van der Waals surface area contributed by atoms with Gasteiger partial charge >= 0.3 is 0 Å². The first kappa shape index (κ1) is 9.00. The minimum absolute atomic E-state index is 0.202. The first-order chi connectivity index (χ1) is 5.68. The van der Waals surface area contributed by atoms with Crippen molar-refractivity contribution < 1.29 is 4.79 Å². The molecule has 3 nitrogen and oxygen atoms in total. The first-order valence-electron chi connectivity index (χ1n) is 3.98. The second-order valence-electron chi connectivity index (χ2n) is 3.09. The minimum Gasteiger partial charge on any atom is -0.367 e. The minimum atomic E-state index is 0.202. The Balaban J connectivity index is 2.36. The van der Waals surface area contributed by atoms with Gasteiger partial charge in [0, 0.05) is 18.9 Å². The molecule has 1 N–H and O–H groups in total. The van der Waals surface area contributed by atoms with Gasteiger partial charge in [0.05, 0.1) is 6.54 Å². The lowest BCUT2D eigenvalue weighted by molar-refractivity contribution is -0.117. The molecule has 0 fully saturated rings. The van der Waals surface area contributed by atoms with E-state index < -0.39 is 0 Å². The van der Waals surface area contributed by atoms with Crippen molar-refractivity contribution >= 4 is 5.78 Å². The summed E-state index contributed by atoms with van der Waals surface area (Å²) in [5, 5.41) is 0. The van der Waals surface area contributed by atoms with Gasteiger partial charge in [0.1, 0.15) is 5.78 Å². The van der Waals surface area contributed by atoms with Crippen molar-refractivity contribution in [1.82, 2.24) is 9.88 Å². The maximum Gasteiger partial charge on any atom is 0.143 e. The van der Waals surface area contributed by atoms with Crippen molar-refractivity contribution in [2.75, 3.05) is 13.6 Å². The summed E-state index contributed by atoms with van der Waals surface area (Å²) < 4.78 is 0. The van der Waals surface area contributed by atoms with Crippen LogP contribution < -0.4 is 0 Å². The summed E-state index contributed by atoms with van der Waals surface area (Å²) in [4.78, 5) is 15.7. The summed E-state index contributed by atoms with van der Waals surface area (Å²) in [6.07, 6.45) is 3.83. The molecule has 1 heterocycles. The van der Waals surface area contributed by atoms with E-state index in [4.69, 9.17) is 0 Å². The molecular formula is C9H14N2O. The third-order valence-corrected chi connectivity index (χ3v) is 1.61. The molecule has 0 unspecified atom stereocenters. The van der Waals surface area contributed by atoms with Gasteiger partial charge in [-0.3, -0.25) is 9.69 Å². The van der Waals surface area contributed by atoms with Crippen molar-refractivity contribution in [1.29, 1.82) is 0 Å². The third kappa shape index (κ3) is 2.88. The van der Waals surface area contributed by atoms with Crippen LogP contribution >= 0.6 is 0 Å². The van der Waals surface area contributed by atoms with Crippen molar-refractivity contribution in [3.63, 3.8) is 0 Å². The van der Waals surface area contributed by atoms with Gasteiger partial charge in [-0.2, -0.15) is 0 Å². The molecule has 0 atom stereocenters. The van der Waals surface area contributed by atoms with E-state index in [1.165, 1.54) is 5.56 Å². The van der Waals surface area contributed by atoms with Gasteiger partial charge in [-0.05, 0) is 25.6 Å². The molecule has 0 aliphatic rings. The molecule has 0 saturated carbocycles. The molecule has 12 heavy (non-hydrogen) atoms. The number of hydrogen-bond acceptors (Lipinski definition) is 2. The number of aromatic nitrogens is 1. The number of H-pyrrole nitrogens is 1. The van der Waals surface area contributed by atoms with Gasteiger partial charge in [0.2, 0.25) is 0 Å². The fourth-order valence-corrected chi connectivity index (χ4v) is 1.20. The number of hydrogen-bond donors (Lipinski definition) is 1. The second-order valence-corrected chi connectivity index (χ2v) is 3.09. The maximum atomic E-state index is 10.7. The molecule has 0 saturated heterocycles. The third-order valence-electron chi connectivity index (χ3n) is 1.61. The van der Waals surface area contributed by atoms with Gasteiger partial charge in [-0.25, -0.2) is 0 Å². The molecule has 3 heteroatoms. The molecule has 0 aliphatic heterocycles. The topological polar surface area (TPSA) is 36.1 Å². The van der Waals surface area contributed by atoms with Crippen LogP contribution in [0.15, 0.2) is 18.5 Å². The zero-order valence-corrected chi connectivity index (χ0v) is 7.50. The molecule has 0 aromatic carbocycles. The van der Waals surface area contributed by atoms with E-state index in [1.807, 2.05) is 30.4 Å². The number of rotatable bonds is 4. The van der Waals surface area contributed by atoms with Crippen LogP contribution in [0.4, 0.5) is 0 Å². The largest absolute Gasteiger partial charge is 0.367 e. The van der Waals surface area contributed by atoms with Crippen LogP contribution in [0.5, 0.6) is 0 Å². The van der Waals surface area contributed by atoms with E-state index in [1.54, 1.807) is 6.92 Å². The lowest BCUT2D eigenvalue weighted by atomic mass is 10.3. The van der Waals surface area contributed by atoms with Crippen LogP contribution in [0.25, 0.3) is 0 Å². The maximum absolute atomic E-state index is 10.7. The Morgan fingerprint density at radius 1 is 1.67 bits per heavy atom.